The van der Waals surface area contributed by atoms with E-state index in [1.807, 2.05) is 43.3 Å². The number of carbonyl (C=O) groups excluding carboxylic acids is 1. The average molecular weight is 426 g/mol. The summed E-state index contributed by atoms with van der Waals surface area (Å²) in [5.41, 5.74) is 10.0. The largest absolute Gasteiger partial charge is 0.508 e. The highest BCUT2D eigenvalue weighted by atomic mass is 16.3. The van der Waals surface area contributed by atoms with E-state index < -0.39 is 5.91 Å². The van der Waals surface area contributed by atoms with Gasteiger partial charge in [0.25, 0.3) is 5.91 Å². The summed E-state index contributed by atoms with van der Waals surface area (Å²) in [5, 5.41) is 19.8. The molecule has 0 aliphatic rings. The Morgan fingerprint density at radius 3 is 2.47 bits per heavy atom. The molecule has 7 nitrogen and oxygen atoms in total. The number of nitrogen functional groups attached to an aromatic ring is 1. The topological polar surface area (TPSA) is 113 Å². The fraction of sp³-hybridized carbons (Fsp3) is 0.0800. The summed E-state index contributed by atoms with van der Waals surface area (Å²) in [7, 11) is 0. The molecular weight excluding hydrogens is 404 g/mol. The van der Waals surface area contributed by atoms with Gasteiger partial charge >= 0.3 is 0 Å². The van der Waals surface area contributed by atoms with Gasteiger partial charge < -0.3 is 20.8 Å². The minimum Gasteiger partial charge on any atom is -0.508 e. The van der Waals surface area contributed by atoms with E-state index in [-0.39, 0.29) is 23.6 Å². The zero-order chi connectivity index (χ0) is 22.7. The molecule has 4 aromatic rings. The summed E-state index contributed by atoms with van der Waals surface area (Å²) in [6.45, 7) is 2.15. The maximum atomic E-state index is 13.4. The Morgan fingerprint density at radius 2 is 1.81 bits per heavy atom. The van der Waals surface area contributed by atoms with E-state index in [1.54, 1.807) is 29.4 Å². The molecule has 2 aromatic carbocycles. The lowest BCUT2D eigenvalue weighted by atomic mass is 10.0. The molecule has 0 bridgehead atoms. The number of aromatic nitrogens is 2. The van der Waals surface area contributed by atoms with Crippen molar-refractivity contribution in [3.8, 4) is 22.6 Å². The Labute approximate surface area is 185 Å². The van der Waals surface area contributed by atoms with Crippen molar-refractivity contribution in [3.05, 3.63) is 95.9 Å². The second kappa shape index (κ2) is 8.77. The number of anilines is 2. The van der Waals surface area contributed by atoms with Crippen LogP contribution in [0.25, 0.3) is 11.1 Å². The smallest absolute Gasteiger partial charge is 0.262 e. The molecule has 1 amide bonds. The summed E-state index contributed by atoms with van der Waals surface area (Å²) in [6, 6.07) is 18.8. The van der Waals surface area contributed by atoms with Gasteiger partial charge in [0, 0.05) is 35.4 Å². The monoisotopic (exact) mass is 426 g/mol. The zero-order valence-electron chi connectivity index (χ0n) is 17.4. The number of nitrogens with two attached hydrogens (primary N) is 1. The fourth-order valence-electron chi connectivity index (χ4n) is 3.51. The molecule has 2 heterocycles. The van der Waals surface area contributed by atoms with Crippen LogP contribution in [-0.2, 0) is 6.54 Å². The Morgan fingerprint density at radius 1 is 1.03 bits per heavy atom. The van der Waals surface area contributed by atoms with Crippen LogP contribution in [-0.4, -0.2) is 26.1 Å². The summed E-state index contributed by atoms with van der Waals surface area (Å²) in [5.74, 6) is -0.338. The van der Waals surface area contributed by atoms with E-state index in [0.29, 0.717) is 11.5 Å². The van der Waals surface area contributed by atoms with E-state index >= 15 is 0 Å². The lowest BCUT2D eigenvalue weighted by Gasteiger charge is -2.24. The molecule has 7 heteroatoms. The molecule has 0 fully saturated rings. The number of amides is 1. The van der Waals surface area contributed by atoms with Gasteiger partial charge in [-0.05, 0) is 60.5 Å². The molecule has 32 heavy (non-hydrogen) atoms. The van der Waals surface area contributed by atoms with E-state index in [1.165, 1.54) is 12.1 Å². The predicted molar refractivity (Wildman–Crippen MR) is 123 cm³/mol. The van der Waals surface area contributed by atoms with Crippen LogP contribution in [0.15, 0.2) is 79.1 Å². The maximum absolute atomic E-state index is 13.4. The first-order chi connectivity index (χ1) is 15.4. The average Bonchev–Trinajstić information content (AvgIpc) is 2.78. The first-order valence-corrected chi connectivity index (χ1v) is 9.98. The number of carbonyl (C=O) groups is 1. The van der Waals surface area contributed by atoms with Crippen molar-refractivity contribution in [1.29, 1.82) is 0 Å². The third-order valence-electron chi connectivity index (χ3n) is 5.12. The highest BCUT2D eigenvalue weighted by molar-refractivity contribution is 6.08. The van der Waals surface area contributed by atoms with Gasteiger partial charge in [0.2, 0.25) is 0 Å². The zero-order valence-corrected chi connectivity index (χ0v) is 17.4. The number of phenolic OH excluding ortho intramolecular Hbond substituents is 2. The summed E-state index contributed by atoms with van der Waals surface area (Å²) in [4.78, 5) is 23.4. The number of nitrogens with zero attached hydrogens (tertiary/aromatic N) is 3. The second-order valence-corrected chi connectivity index (χ2v) is 7.37. The third-order valence-corrected chi connectivity index (χ3v) is 5.12. The fourth-order valence-corrected chi connectivity index (χ4v) is 3.51. The molecule has 4 N–H and O–H groups in total. The lowest BCUT2D eigenvalue weighted by Crippen LogP contribution is -2.30. The number of benzene rings is 2. The van der Waals surface area contributed by atoms with Gasteiger partial charge in [-0.25, -0.2) is 4.98 Å². The molecule has 4 rings (SSSR count). The normalized spacial score (nSPS) is 10.7. The maximum Gasteiger partial charge on any atom is 0.262 e. The third kappa shape index (κ3) is 4.37. The van der Waals surface area contributed by atoms with Gasteiger partial charge in [0.1, 0.15) is 17.3 Å². The molecule has 0 saturated heterocycles. The van der Waals surface area contributed by atoms with Crippen LogP contribution in [0.1, 0.15) is 21.6 Å². The number of hydrogen-bond acceptors (Lipinski definition) is 6. The van der Waals surface area contributed by atoms with Crippen LogP contribution < -0.4 is 10.6 Å². The van der Waals surface area contributed by atoms with Crippen molar-refractivity contribution >= 4 is 17.4 Å². The number of hydrogen-bond donors (Lipinski definition) is 3. The van der Waals surface area contributed by atoms with Gasteiger partial charge in [-0.1, -0.05) is 18.2 Å². The Balaban J connectivity index is 1.71. The SMILES string of the molecule is Cc1nc(N)ccc1-c1ccc(N(Cc2cccnc2)C(=O)c2ccc(O)cc2O)cc1. The Bertz CT molecular complexity index is 1260. The summed E-state index contributed by atoms with van der Waals surface area (Å²) in [6.07, 6.45) is 3.36. The van der Waals surface area contributed by atoms with Crippen molar-refractivity contribution in [3.63, 3.8) is 0 Å². The van der Waals surface area contributed by atoms with Crippen LogP contribution in [0.2, 0.25) is 0 Å². The van der Waals surface area contributed by atoms with Crippen molar-refractivity contribution < 1.29 is 15.0 Å². The second-order valence-electron chi connectivity index (χ2n) is 7.37. The molecule has 0 radical (unpaired) electrons. The van der Waals surface area contributed by atoms with E-state index in [2.05, 4.69) is 9.97 Å². The van der Waals surface area contributed by atoms with Gasteiger partial charge in [-0.2, -0.15) is 0 Å². The molecule has 0 saturated carbocycles. The van der Waals surface area contributed by atoms with E-state index in [0.717, 1.165) is 28.5 Å². The van der Waals surface area contributed by atoms with E-state index in [9.17, 15) is 15.0 Å². The molecule has 2 aromatic heterocycles. The van der Waals surface area contributed by atoms with Crippen molar-refractivity contribution in [2.75, 3.05) is 10.6 Å². The number of aromatic hydroxyl groups is 2. The molecule has 0 aliphatic carbocycles. The summed E-state index contributed by atoms with van der Waals surface area (Å²) >= 11 is 0. The van der Waals surface area contributed by atoms with Crippen molar-refractivity contribution in [2.24, 2.45) is 0 Å². The van der Waals surface area contributed by atoms with Gasteiger partial charge in [-0.15, -0.1) is 0 Å². The molecule has 0 spiro atoms. The van der Waals surface area contributed by atoms with Crippen LogP contribution in [0.4, 0.5) is 11.5 Å². The lowest BCUT2D eigenvalue weighted by molar-refractivity contribution is 0.0982. The van der Waals surface area contributed by atoms with Crippen LogP contribution in [0.3, 0.4) is 0 Å². The first kappa shape index (κ1) is 20.9. The molecule has 0 unspecified atom stereocenters. The first-order valence-electron chi connectivity index (χ1n) is 9.98. The van der Waals surface area contributed by atoms with E-state index in [4.69, 9.17) is 5.73 Å². The number of rotatable bonds is 5. The van der Waals surface area contributed by atoms with Crippen molar-refractivity contribution in [2.45, 2.75) is 13.5 Å². The Hall–Kier alpha value is -4.39. The molecule has 0 atom stereocenters. The molecule has 160 valence electrons. The van der Waals surface area contributed by atoms with Crippen LogP contribution >= 0.6 is 0 Å². The molecular formula is C25H22N4O3. The van der Waals surface area contributed by atoms with Gasteiger partial charge in [-0.3, -0.25) is 9.78 Å². The predicted octanol–water partition coefficient (Wildman–Crippen LogP) is 4.29. The minimum absolute atomic E-state index is 0.0920. The Kier molecular flexibility index (Phi) is 5.72. The standard InChI is InChI=1S/C25H22N4O3/c1-16-21(10-11-24(26)28-16)18-4-6-19(7-5-18)29(15-17-3-2-12-27-14-17)25(32)22-9-8-20(30)13-23(22)31/h2-14,30-31H,15H2,1H3,(H2,26,28). The van der Waals surface area contributed by atoms with Gasteiger partial charge in [0.15, 0.2) is 0 Å². The molecule has 0 aliphatic heterocycles. The minimum atomic E-state index is -0.399. The highest BCUT2D eigenvalue weighted by Gasteiger charge is 2.22. The van der Waals surface area contributed by atoms with Crippen molar-refractivity contribution in [1.82, 2.24) is 9.97 Å². The quantitative estimate of drug-likeness (QED) is 0.439. The highest BCUT2D eigenvalue weighted by Crippen LogP contribution is 2.30. The number of pyridine rings is 2. The van der Waals surface area contributed by atoms with Crippen LogP contribution in [0.5, 0.6) is 11.5 Å². The van der Waals surface area contributed by atoms with Gasteiger partial charge in [0.05, 0.1) is 12.1 Å². The summed E-state index contributed by atoms with van der Waals surface area (Å²) < 4.78 is 0. The number of aryl methyl sites for hydroxylation is 1. The van der Waals surface area contributed by atoms with Crippen LogP contribution in [0, 0.1) is 6.92 Å². The number of phenols is 2.